The van der Waals surface area contributed by atoms with Gasteiger partial charge in [0, 0.05) is 19.5 Å². The van der Waals surface area contributed by atoms with Crippen molar-refractivity contribution in [1.29, 1.82) is 0 Å². The maximum Gasteiger partial charge on any atom is 0.255 e. The molecule has 0 aliphatic rings. The Bertz CT molecular complexity index is 441. The molecule has 0 radical (unpaired) electrons. The molecule has 0 aliphatic carbocycles. The highest BCUT2D eigenvalue weighted by Crippen LogP contribution is 2.12. The van der Waals surface area contributed by atoms with Gasteiger partial charge in [0.1, 0.15) is 5.75 Å². The average Bonchev–Trinajstić information content (AvgIpc) is 2.41. The molecule has 0 saturated carbocycles. The van der Waals surface area contributed by atoms with Crippen LogP contribution in [0.4, 0.5) is 0 Å². The Balaban J connectivity index is 0.00000361. The molecule has 1 rings (SSSR count). The lowest BCUT2D eigenvalue weighted by Crippen LogP contribution is -2.26. The van der Waals surface area contributed by atoms with Crippen LogP contribution in [-0.2, 0) is 16.1 Å². The molecule has 20 heavy (non-hydrogen) atoms. The summed E-state index contributed by atoms with van der Waals surface area (Å²) < 4.78 is 5.18. The van der Waals surface area contributed by atoms with Crippen molar-refractivity contribution < 1.29 is 14.3 Å². The predicted molar refractivity (Wildman–Crippen MR) is 78.8 cm³/mol. The summed E-state index contributed by atoms with van der Waals surface area (Å²) in [5, 5.41) is 5.71. The molecule has 0 bridgehead atoms. The van der Waals surface area contributed by atoms with Gasteiger partial charge >= 0.3 is 0 Å². The first-order valence-corrected chi connectivity index (χ1v) is 6.03. The third-order valence-corrected chi connectivity index (χ3v) is 2.37. The molecule has 6 nitrogen and oxygen atoms in total. The van der Waals surface area contributed by atoms with E-state index in [9.17, 15) is 9.59 Å². The summed E-state index contributed by atoms with van der Waals surface area (Å²) in [6.07, 6.45) is 0.439. The number of carbonyl (C=O) groups is 2. The number of nitrogens with two attached hydrogens (primary N) is 1. The molecule has 2 amide bonds. The van der Waals surface area contributed by atoms with E-state index in [2.05, 4.69) is 10.6 Å². The van der Waals surface area contributed by atoms with Gasteiger partial charge in [-0.1, -0.05) is 12.1 Å². The number of hydrogen-bond donors (Lipinski definition) is 3. The van der Waals surface area contributed by atoms with Crippen LogP contribution in [-0.4, -0.2) is 32.0 Å². The zero-order chi connectivity index (χ0) is 14.1. The number of rotatable bonds is 8. The van der Waals surface area contributed by atoms with Crippen molar-refractivity contribution in [2.24, 2.45) is 5.73 Å². The van der Waals surface area contributed by atoms with E-state index >= 15 is 0 Å². The van der Waals surface area contributed by atoms with E-state index in [4.69, 9.17) is 10.5 Å². The molecule has 0 unspecified atom stereocenters. The van der Waals surface area contributed by atoms with Crippen molar-refractivity contribution in [3.63, 3.8) is 0 Å². The van der Waals surface area contributed by atoms with Gasteiger partial charge in [0.15, 0.2) is 6.61 Å². The summed E-state index contributed by atoms with van der Waals surface area (Å²) in [4.78, 5) is 22.0. The second-order valence-corrected chi connectivity index (χ2v) is 4.03. The summed E-state index contributed by atoms with van der Waals surface area (Å²) in [5.41, 5.74) is 5.90. The Hall–Kier alpha value is -1.79. The SMILES string of the molecule is CNCCC(=O)NCc1cccc(OCC(N)=O)c1.Cl. The highest BCUT2D eigenvalue weighted by Gasteiger charge is 2.02. The molecular formula is C13H20ClN3O3. The second-order valence-electron chi connectivity index (χ2n) is 4.03. The molecule has 0 aliphatic heterocycles. The monoisotopic (exact) mass is 301 g/mol. The van der Waals surface area contributed by atoms with Crippen LogP contribution >= 0.6 is 12.4 Å². The zero-order valence-electron chi connectivity index (χ0n) is 11.3. The largest absolute Gasteiger partial charge is 0.484 e. The molecule has 0 atom stereocenters. The standard InChI is InChI=1S/C13H19N3O3.ClH/c1-15-6-5-13(18)16-8-10-3-2-4-11(7-10)19-9-12(14)17;/h2-4,7,15H,5-6,8-9H2,1H3,(H2,14,17)(H,16,18);1H. The van der Waals surface area contributed by atoms with Crippen LogP contribution in [0.5, 0.6) is 5.75 Å². The summed E-state index contributed by atoms with van der Waals surface area (Å²) in [5.74, 6) is 0.0179. The Morgan fingerprint density at radius 1 is 1.35 bits per heavy atom. The summed E-state index contributed by atoms with van der Waals surface area (Å²) in [6, 6.07) is 7.16. The van der Waals surface area contributed by atoms with Crippen LogP contribution < -0.4 is 21.1 Å². The van der Waals surface area contributed by atoms with E-state index in [1.165, 1.54) is 0 Å². The van der Waals surface area contributed by atoms with E-state index in [0.717, 1.165) is 5.56 Å². The molecule has 7 heteroatoms. The Labute approximate surface area is 124 Å². The van der Waals surface area contributed by atoms with Crippen molar-refractivity contribution in [1.82, 2.24) is 10.6 Å². The number of halogens is 1. The first kappa shape index (κ1) is 18.2. The molecular weight excluding hydrogens is 282 g/mol. The quantitative estimate of drug-likeness (QED) is 0.639. The first-order valence-electron chi connectivity index (χ1n) is 6.03. The van der Waals surface area contributed by atoms with Gasteiger partial charge in [-0.25, -0.2) is 0 Å². The number of hydrogen-bond acceptors (Lipinski definition) is 4. The minimum absolute atomic E-state index is 0. The summed E-state index contributed by atoms with van der Waals surface area (Å²) >= 11 is 0. The maximum absolute atomic E-state index is 11.4. The van der Waals surface area contributed by atoms with Gasteiger partial charge in [-0.3, -0.25) is 9.59 Å². The third kappa shape index (κ3) is 7.60. The fourth-order valence-electron chi connectivity index (χ4n) is 1.43. The molecule has 1 aromatic rings. The topological polar surface area (TPSA) is 93.4 Å². The van der Waals surface area contributed by atoms with E-state index in [-0.39, 0.29) is 24.9 Å². The lowest BCUT2D eigenvalue weighted by molar-refractivity contribution is -0.121. The van der Waals surface area contributed by atoms with E-state index < -0.39 is 5.91 Å². The number of amides is 2. The smallest absolute Gasteiger partial charge is 0.255 e. The molecule has 112 valence electrons. The minimum Gasteiger partial charge on any atom is -0.484 e. The van der Waals surface area contributed by atoms with Gasteiger partial charge in [0.2, 0.25) is 5.91 Å². The van der Waals surface area contributed by atoms with Crippen molar-refractivity contribution in [3.05, 3.63) is 29.8 Å². The van der Waals surface area contributed by atoms with Gasteiger partial charge in [-0.2, -0.15) is 0 Å². The highest BCUT2D eigenvalue weighted by molar-refractivity contribution is 5.85. The molecule has 1 aromatic carbocycles. The predicted octanol–water partition coefficient (Wildman–Crippen LogP) is 0.198. The van der Waals surface area contributed by atoms with Crippen LogP contribution in [0.2, 0.25) is 0 Å². The van der Waals surface area contributed by atoms with Gasteiger partial charge in [-0.05, 0) is 24.7 Å². The highest BCUT2D eigenvalue weighted by atomic mass is 35.5. The number of carbonyl (C=O) groups excluding carboxylic acids is 2. The van der Waals surface area contributed by atoms with E-state index in [1.54, 1.807) is 25.2 Å². The van der Waals surface area contributed by atoms with Crippen LogP contribution in [0.25, 0.3) is 0 Å². The Kier molecular flexibility index (Phi) is 9.15. The molecule has 4 N–H and O–H groups in total. The average molecular weight is 302 g/mol. The van der Waals surface area contributed by atoms with Crippen LogP contribution in [0.15, 0.2) is 24.3 Å². The van der Waals surface area contributed by atoms with Crippen molar-refractivity contribution in [2.75, 3.05) is 20.2 Å². The molecule has 0 heterocycles. The van der Waals surface area contributed by atoms with Crippen molar-refractivity contribution in [2.45, 2.75) is 13.0 Å². The lowest BCUT2D eigenvalue weighted by atomic mass is 10.2. The number of nitrogens with one attached hydrogen (secondary N) is 2. The lowest BCUT2D eigenvalue weighted by Gasteiger charge is -2.08. The van der Waals surface area contributed by atoms with Crippen LogP contribution in [0.1, 0.15) is 12.0 Å². The van der Waals surface area contributed by atoms with Gasteiger partial charge in [-0.15, -0.1) is 12.4 Å². The number of primary amides is 1. The minimum atomic E-state index is -0.522. The molecule has 0 spiro atoms. The molecule has 0 saturated heterocycles. The third-order valence-electron chi connectivity index (χ3n) is 2.37. The van der Waals surface area contributed by atoms with Crippen LogP contribution in [0, 0.1) is 0 Å². The van der Waals surface area contributed by atoms with Gasteiger partial charge in [0.05, 0.1) is 0 Å². The fraction of sp³-hybridized carbons (Fsp3) is 0.385. The summed E-state index contributed by atoms with van der Waals surface area (Å²) in [6.45, 7) is 0.919. The van der Waals surface area contributed by atoms with Crippen LogP contribution in [0.3, 0.4) is 0 Å². The number of ether oxygens (including phenoxy) is 1. The maximum atomic E-state index is 11.4. The van der Waals surface area contributed by atoms with E-state index in [1.807, 2.05) is 6.07 Å². The molecule has 0 fully saturated rings. The van der Waals surface area contributed by atoms with Gasteiger partial charge in [0.25, 0.3) is 5.91 Å². The first-order chi connectivity index (χ1) is 9.11. The van der Waals surface area contributed by atoms with Crippen molar-refractivity contribution >= 4 is 24.2 Å². The number of benzene rings is 1. The van der Waals surface area contributed by atoms with E-state index in [0.29, 0.717) is 25.3 Å². The molecule has 0 aromatic heterocycles. The Morgan fingerprint density at radius 3 is 2.75 bits per heavy atom. The second kappa shape index (κ2) is 10.1. The zero-order valence-corrected chi connectivity index (χ0v) is 12.2. The van der Waals surface area contributed by atoms with Crippen molar-refractivity contribution in [3.8, 4) is 5.75 Å². The normalized spacial score (nSPS) is 9.45. The summed E-state index contributed by atoms with van der Waals surface area (Å²) in [7, 11) is 1.80. The fourth-order valence-corrected chi connectivity index (χ4v) is 1.43. The van der Waals surface area contributed by atoms with Gasteiger partial charge < -0.3 is 21.1 Å². The Morgan fingerprint density at radius 2 is 2.10 bits per heavy atom.